The molecule has 0 bridgehead atoms. The minimum Gasteiger partial charge on any atom is -0.491 e. The number of rotatable bonds is 6. The zero-order valence-electron chi connectivity index (χ0n) is 14.2. The van der Waals surface area contributed by atoms with Crippen LogP contribution in [0, 0.1) is 0 Å². The van der Waals surface area contributed by atoms with E-state index in [0.717, 1.165) is 12.1 Å². The van der Waals surface area contributed by atoms with Gasteiger partial charge in [-0.15, -0.1) is 0 Å². The summed E-state index contributed by atoms with van der Waals surface area (Å²) in [6.45, 7) is 1.03. The van der Waals surface area contributed by atoms with Gasteiger partial charge in [-0.05, 0) is 44.4 Å². The summed E-state index contributed by atoms with van der Waals surface area (Å²) in [7, 11) is 3.78. The number of carbonyl (C=O) groups excluding carboxylic acids is 1. The number of benzene rings is 2. The van der Waals surface area contributed by atoms with Crippen LogP contribution in [0.3, 0.4) is 0 Å². The monoisotopic (exact) mass is 386 g/mol. The molecular weight excluding hydrogens is 369 g/mol. The summed E-state index contributed by atoms with van der Waals surface area (Å²) in [5.41, 5.74) is -0.780. The average Bonchev–Trinajstić information content (AvgIpc) is 2.55. The number of anilines is 1. The second kappa shape index (κ2) is 8.42. The van der Waals surface area contributed by atoms with Gasteiger partial charge in [0.1, 0.15) is 12.4 Å². The van der Waals surface area contributed by atoms with Gasteiger partial charge in [-0.1, -0.05) is 23.7 Å². The van der Waals surface area contributed by atoms with E-state index in [1.807, 2.05) is 19.0 Å². The van der Waals surface area contributed by atoms with E-state index in [0.29, 0.717) is 18.9 Å². The molecule has 0 radical (unpaired) electrons. The summed E-state index contributed by atoms with van der Waals surface area (Å²) in [5.74, 6) is -0.210. The van der Waals surface area contributed by atoms with E-state index in [1.165, 1.54) is 6.07 Å². The highest BCUT2D eigenvalue weighted by atomic mass is 35.5. The topological polar surface area (TPSA) is 41.6 Å². The Balaban J connectivity index is 2.18. The van der Waals surface area contributed by atoms with Crippen LogP contribution in [0.15, 0.2) is 42.5 Å². The molecule has 26 heavy (non-hydrogen) atoms. The van der Waals surface area contributed by atoms with Crippen molar-refractivity contribution in [2.75, 3.05) is 32.6 Å². The molecule has 0 aromatic heterocycles. The molecule has 0 spiro atoms. The fourth-order valence-electron chi connectivity index (χ4n) is 2.14. The first-order valence-corrected chi connectivity index (χ1v) is 8.11. The molecule has 1 amide bonds. The van der Waals surface area contributed by atoms with E-state index in [1.54, 1.807) is 24.3 Å². The fourth-order valence-corrected chi connectivity index (χ4v) is 2.36. The SMILES string of the molecule is CN(C)CCOc1ccccc1C(=O)Nc1ccc(Cl)c(C(F)(F)F)c1. The number of para-hydroxylation sites is 1. The number of ether oxygens (including phenoxy) is 1. The molecule has 2 aromatic carbocycles. The maximum atomic E-state index is 12.9. The minimum atomic E-state index is -4.61. The van der Waals surface area contributed by atoms with Crippen molar-refractivity contribution >= 4 is 23.2 Å². The van der Waals surface area contributed by atoms with Crippen molar-refractivity contribution in [3.05, 3.63) is 58.6 Å². The smallest absolute Gasteiger partial charge is 0.417 e. The van der Waals surface area contributed by atoms with Crippen molar-refractivity contribution in [1.29, 1.82) is 0 Å². The van der Waals surface area contributed by atoms with Crippen LogP contribution < -0.4 is 10.1 Å². The number of carbonyl (C=O) groups is 1. The lowest BCUT2D eigenvalue weighted by atomic mass is 10.1. The first kappa shape index (κ1) is 20.1. The van der Waals surface area contributed by atoms with E-state index in [4.69, 9.17) is 16.3 Å². The normalized spacial score (nSPS) is 11.5. The number of amides is 1. The molecule has 0 aliphatic heterocycles. The third kappa shape index (κ3) is 5.37. The molecule has 140 valence electrons. The highest BCUT2D eigenvalue weighted by Gasteiger charge is 2.33. The predicted octanol–water partition coefficient (Wildman–Crippen LogP) is 4.55. The van der Waals surface area contributed by atoms with Crippen molar-refractivity contribution in [2.24, 2.45) is 0 Å². The summed E-state index contributed by atoms with van der Waals surface area (Å²) in [6, 6.07) is 9.75. The van der Waals surface area contributed by atoms with Gasteiger partial charge in [0.25, 0.3) is 5.91 Å². The van der Waals surface area contributed by atoms with Crippen molar-refractivity contribution in [2.45, 2.75) is 6.18 Å². The van der Waals surface area contributed by atoms with Crippen molar-refractivity contribution in [3.63, 3.8) is 0 Å². The third-order valence-corrected chi connectivity index (χ3v) is 3.79. The summed E-state index contributed by atoms with van der Waals surface area (Å²) >= 11 is 5.59. The average molecular weight is 387 g/mol. The van der Waals surface area contributed by atoms with E-state index in [-0.39, 0.29) is 11.3 Å². The number of nitrogens with zero attached hydrogens (tertiary/aromatic N) is 1. The molecule has 0 aliphatic carbocycles. The Hall–Kier alpha value is -2.25. The van der Waals surface area contributed by atoms with E-state index >= 15 is 0 Å². The van der Waals surface area contributed by atoms with Crippen LogP contribution in [-0.4, -0.2) is 38.1 Å². The molecule has 0 unspecified atom stereocenters. The lowest BCUT2D eigenvalue weighted by molar-refractivity contribution is -0.137. The molecule has 4 nitrogen and oxygen atoms in total. The number of hydrogen-bond donors (Lipinski definition) is 1. The molecule has 0 atom stereocenters. The minimum absolute atomic E-state index is 0.00480. The second-order valence-electron chi connectivity index (χ2n) is 5.79. The molecule has 8 heteroatoms. The molecule has 0 heterocycles. The Morgan fingerprint density at radius 2 is 1.88 bits per heavy atom. The van der Waals surface area contributed by atoms with Crippen LogP contribution in [0.25, 0.3) is 0 Å². The zero-order chi connectivity index (χ0) is 19.3. The number of likely N-dealkylation sites (N-methyl/N-ethyl adjacent to an activating group) is 1. The van der Waals surface area contributed by atoms with Crippen molar-refractivity contribution in [1.82, 2.24) is 4.90 Å². The molecule has 1 N–H and O–H groups in total. The summed E-state index contributed by atoms with van der Waals surface area (Å²) < 4.78 is 44.4. The van der Waals surface area contributed by atoms with Crippen LogP contribution in [-0.2, 0) is 6.18 Å². The molecule has 0 saturated carbocycles. The largest absolute Gasteiger partial charge is 0.491 e. The number of nitrogens with one attached hydrogen (secondary N) is 1. The van der Waals surface area contributed by atoms with Gasteiger partial charge < -0.3 is 15.0 Å². The number of halogens is 4. The Bertz CT molecular complexity index is 779. The molecule has 0 saturated heterocycles. The lowest BCUT2D eigenvalue weighted by Gasteiger charge is -2.15. The third-order valence-electron chi connectivity index (χ3n) is 3.46. The van der Waals surface area contributed by atoms with E-state index < -0.39 is 22.7 Å². The van der Waals surface area contributed by atoms with Crippen LogP contribution in [0.2, 0.25) is 5.02 Å². The summed E-state index contributed by atoms with van der Waals surface area (Å²) in [6.07, 6.45) is -4.61. The number of hydrogen-bond acceptors (Lipinski definition) is 3. The molecule has 2 aromatic rings. The highest BCUT2D eigenvalue weighted by Crippen LogP contribution is 2.36. The van der Waals surface area contributed by atoms with Gasteiger partial charge in [-0.25, -0.2) is 0 Å². The van der Waals surface area contributed by atoms with E-state index in [2.05, 4.69) is 5.32 Å². The summed E-state index contributed by atoms with van der Waals surface area (Å²) in [5, 5.41) is 2.02. The van der Waals surface area contributed by atoms with Gasteiger partial charge in [-0.2, -0.15) is 13.2 Å². The van der Waals surface area contributed by atoms with Crippen molar-refractivity contribution < 1.29 is 22.7 Å². The number of alkyl halides is 3. The van der Waals surface area contributed by atoms with E-state index in [9.17, 15) is 18.0 Å². The van der Waals surface area contributed by atoms with Gasteiger partial charge in [0.2, 0.25) is 0 Å². The highest BCUT2D eigenvalue weighted by molar-refractivity contribution is 6.31. The van der Waals surface area contributed by atoms with Crippen LogP contribution in [0.1, 0.15) is 15.9 Å². The molecule has 2 rings (SSSR count). The standard InChI is InChI=1S/C18H18ClF3N2O2/c1-24(2)9-10-26-16-6-4-3-5-13(16)17(25)23-12-7-8-15(19)14(11-12)18(20,21)22/h3-8,11H,9-10H2,1-2H3,(H,23,25). The van der Waals surface area contributed by atoms with Crippen LogP contribution in [0.5, 0.6) is 5.75 Å². The van der Waals surface area contributed by atoms with Gasteiger partial charge in [0.05, 0.1) is 16.1 Å². The van der Waals surface area contributed by atoms with Gasteiger partial charge in [0, 0.05) is 12.2 Å². The van der Waals surface area contributed by atoms with Gasteiger partial charge >= 0.3 is 6.18 Å². The van der Waals surface area contributed by atoms with Crippen molar-refractivity contribution in [3.8, 4) is 5.75 Å². The predicted molar refractivity (Wildman–Crippen MR) is 94.9 cm³/mol. The van der Waals surface area contributed by atoms with Gasteiger partial charge in [0.15, 0.2) is 0 Å². The quantitative estimate of drug-likeness (QED) is 0.791. The van der Waals surface area contributed by atoms with Crippen LogP contribution >= 0.6 is 11.6 Å². The Morgan fingerprint density at radius 1 is 1.19 bits per heavy atom. The first-order chi connectivity index (χ1) is 12.2. The summed E-state index contributed by atoms with van der Waals surface area (Å²) in [4.78, 5) is 14.4. The molecule has 0 aliphatic rings. The zero-order valence-corrected chi connectivity index (χ0v) is 15.0. The second-order valence-corrected chi connectivity index (χ2v) is 6.20. The molecular formula is C18H18ClF3N2O2. The van der Waals surface area contributed by atoms with Crippen LogP contribution in [0.4, 0.5) is 18.9 Å². The molecule has 0 fully saturated rings. The lowest BCUT2D eigenvalue weighted by Crippen LogP contribution is -2.21. The first-order valence-electron chi connectivity index (χ1n) is 7.73. The maximum Gasteiger partial charge on any atom is 0.417 e. The Kier molecular flexibility index (Phi) is 6.50. The Morgan fingerprint density at radius 3 is 2.54 bits per heavy atom. The fraction of sp³-hybridized carbons (Fsp3) is 0.278. The van der Waals surface area contributed by atoms with Gasteiger partial charge in [-0.3, -0.25) is 4.79 Å². The Labute approximate surface area is 154 Å². The maximum absolute atomic E-state index is 12.9.